The van der Waals surface area contributed by atoms with E-state index < -0.39 is 0 Å². The molecule has 4 bridgehead atoms. The molecule has 124 valence electrons. The second-order valence-electron chi connectivity index (χ2n) is 8.05. The van der Waals surface area contributed by atoms with E-state index in [4.69, 9.17) is 0 Å². The monoisotopic (exact) mass is 316 g/mol. The van der Waals surface area contributed by atoms with Gasteiger partial charge < -0.3 is 10.6 Å². The molecule has 0 unspecified atom stereocenters. The summed E-state index contributed by atoms with van der Waals surface area (Å²) in [6.07, 6.45) is 8.10. The Bertz CT molecular complexity index is 566. The van der Waals surface area contributed by atoms with Crippen molar-refractivity contribution in [3.8, 4) is 0 Å². The van der Waals surface area contributed by atoms with Gasteiger partial charge in [-0.05, 0) is 67.8 Å². The number of carbonyl (C=O) groups excluding carboxylic acids is 1. The van der Waals surface area contributed by atoms with Crippen LogP contribution in [-0.4, -0.2) is 12.6 Å². The molecule has 3 nitrogen and oxygen atoms in total. The first kappa shape index (κ1) is 15.0. The third-order valence-electron chi connectivity index (χ3n) is 6.19. The Hall–Kier alpha value is -1.58. The smallest absolute Gasteiger partial charge is 0.315 e. The second kappa shape index (κ2) is 5.81. The fourth-order valence-electron chi connectivity index (χ4n) is 5.65. The third-order valence-corrected chi connectivity index (χ3v) is 6.19. The molecule has 4 aliphatic rings. The van der Waals surface area contributed by atoms with Crippen molar-refractivity contribution in [1.29, 1.82) is 0 Å². The number of urea groups is 1. The zero-order chi connectivity index (χ0) is 15.9. The summed E-state index contributed by atoms with van der Waals surface area (Å²) in [5.41, 5.74) is 0.863. The van der Waals surface area contributed by atoms with Crippen LogP contribution in [0.5, 0.6) is 0 Å². The van der Waals surface area contributed by atoms with Crippen LogP contribution in [-0.2, 0) is 6.54 Å². The lowest BCUT2D eigenvalue weighted by molar-refractivity contribution is -0.0498. The van der Waals surface area contributed by atoms with Gasteiger partial charge in [-0.15, -0.1) is 0 Å². The van der Waals surface area contributed by atoms with Crippen LogP contribution in [0.15, 0.2) is 24.3 Å². The minimum absolute atomic E-state index is 0.177. The van der Waals surface area contributed by atoms with E-state index >= 15 is 0 Å². The van der Waals surface area contributed by atoms with E-state index in [1.54, 1.807) is 18.2 Å². The Morgan fingerprint density at radius 3 is 2.26 bits per heavy atom. The van der Waals surface area contributed by atoms with Gasteiger partial charge >= 0.3 is 6.03 Å². The molecule has 23 heavy (non-hydrogen) atoms. The van der Waals surface area contributed by atoms with Crippen molar-refractivity contribution in [2.75, 3.05) is 6.54 Å². The van der Waals surface area contributed by atoms with Crippen LogP contribution < -0.4 is 10.6 Å². The van der Waals surface area contributed by atoms with Crippen LogP contribution in [0, 0.1) is 29.0 Å². The van der Waals surface area contributed by atoms with Gasteiger partial charge in [0.05, 0.1) is 0 Å². The summed E-state index contributed by atoms with van der Waals surface area (Å²) >= 11 is 0. The summed E-state index contributed by atoms with van der Waals surface area (Å²) in [6, 6.07) is 6.39. The topological polar surface area (TPSA) is 41.1 Å². The molecule has 4 aliphatic carbocycles. The summed E-state index contributed by atoms with van der Waals surface area (Å²) in [4.78, 5) is 12.1. The molecule has 0 aromatic heterocycles. The van der Waals surface area contributed by atoms with Gasteiger partial charge in [-0.1, -0.05) is 18.2 Å². The molecule has 0 radical (unpaired) electrons. The average molecular weight is 316 g/mol. The number of hydrogen-bond acceptors (Lipinski definition) is 1. The largest absolute Gasteiger partial charge is 0.338 e. The number of amides is 2. The Morgan fingerprint density at radius 2 is 1.65 bits per heavy atom. The van der Waals surface area contributed by atoms with E-state index in [1.165, 1.54) is 44.6 Å². The first-order valence-electron chi connectivity index (χ1n) is 8.87. The van der Waals surface area contributed by atoms with Crippen LogP contribution in [0.3, 0.4) is 0 Å². The predicted octanol–water partition coefficient (Wildman–Crippen LogP) is 3.84. The molecule has 5 rings (SSSR count). The molecule has 4 saturated carbocycles. The van der Waals surface area contributed by atoms with Crippen molar-refractivity contribution >= 4 is 6.03 Å². The number of hydrogen-bond donors (Lipinski definition) is 2. The highest BCUT2D eigenvalue weighted by atomic mass is 19.1. The van der Waals surface area contributed by atoms with E-state index in [2.05, 4.69) is 10.6 Å². The molecule has 4 heteroatoms. The van der Waals surface area contributed by atoms with Crippen LogP contribution in [0.4, 0.5) is 9.18 Å². The van der Waals surface area contributed by atoms with Crippen LogP contribution >= 0.6 is 0 Å². The highest BCUT2D eigenvalue weighted by Gasteiger charge is 2.50. The summed E-state index contributed by atoms with van der Waals surface area (Å²) in [6.45, 7) is 1.01. The van der Waals surface area contributed by atoms with Crippen LogP contribution in [0.25, 0.3) is 0 Å². The maximum atomic E-state index is 13.6. The van der Waals surface area contributed by atoms with Crippen molar-refractivity contribution < 1.29 is 9.18 Å². The highest BCUT2D eigenvalue weighted by molar-refractivity contribution is 5.73. The number of carbonyl (C=O) groups is 1. The average Bonchev–Trinajstić information content (AvgIpc) is 2.51. The van der Waals surface area contributed by atoms with Gasteiger partial charge in [0.25, 0.3) is 0 Å². The number of nitrogens with one attached hydrogen (secondary N) is 2. The molecule has 2 N–H and O–H groups in total. The highest BCUT2D eigenvalue weighted by Crippen LogP contribution is 2.59. The molecule has 0 aliphatic heterocycles. The Kier molecular flexibility index (Phi) is 3.78. The fraction of sp³-hybridized carbons (Fsp3) is 0.632. The van der Waals surface area contributed by atoms with Gasteiger partial charge in [0.2, 0.25) is 0 Å². The lowest BCUT2D eigenvalue weighted by atomic mass is 9.49. The normalized spacial score (nSPS) is 34.4. The van der Waals surface area contributed by atoms with Gasteiger partial charge in [0.15, 0.2) is 0 Å². The second-order valence-corrected chi connectivity index (χ2v) is 8.05. The quantitative estimate of drug-likeness (QED) is 0.870. The Morgan fingerprint density at radius 1 is 1.04 bits per heavy atom. The number of rotatable bonds is 4. The van der Waals surface area contributed by atoms with Crippen LogP contribution in [0.2, 0.25) is 0 Å². The first-order chi connectivity index (χ1) is 11.1. The van der Waals surface area contributed by atoms with Gasteiger partial charge in [0, 0.05) is 18.7 Å². The Labute approximate surface area is 137 Å². The van der Waals surface area contributed by atoms with E-state index in [0.29, 0.717) is 11.0 Å². The van der Waals surface area contributed by atoms with E-state index in [-0.39, 0.29) is 18.4 Å². The number of halogens is 1. The van der Waals surface area contributed by atoms with Gasteiger partial charge in [-0.3, -0.25) is 0 Å². The maximum absolute atomic E-state index is 13.6. The Balaban J connectivity index is 1.29. The van der Waals surface area contributed by atoms with Gasteiger partial charge in [-0.25, -0.2) is 9.18 Å². The molecular formula is C19H25FN2O. The molecule has 4 fully saturated rings. The molecule has 2 amide bonds. The van der Waals surface area contributed by atoms with E-state index in [0.717, 1.165) is 24.3 Å². The summed E-state index contributed by atoms with van der Waals surface area (Å²) < 4.78 is 13.6. The van der Waals surface area contributed by atoms with Crippen LogP contribution in [0.1, 0.15) is 44.1 Å². The number of benzene rings is 1. The maximum Gasteiger partial charge on any atom is 0.315 e. The van der Waals surface area contributed by atoms with Crippen molar-refractivity contribution in [3.05, 3.63) is 35.6 Å². The molecule has 0 heterocycles. The SMILES string of the molecule is O=C(NCc1ccccc1F)NCC12CC3CC(CC(C3)C1)C2. The first-order valence-corrected chi connectivity index (χ1v) is 8.87. The van der Waals surface area contributed by atoms with Crippen molar-refractivity contribution in [3.63, 3.8) is 0 Å². The lowest BCUT2D eigenvalue weighted by Gasteiger charge is -2.56. The minimum Gasteiger partial charge on any atom is -0.338 e. The molecule has 0 atom stereocenters. The molecule has 1 aromatic rings. The summed E-state index contributed by atoms with van der Waals surface area (Å²) in [5.74, 6) is 2.41. The summed E-state index contributed by atoms with van der Waals surface area (Å²) in [5, 5.41) is 5.84. The van der Waals surface area contributed by atoms with Crippen molar-refractivity contribution in [1.82, 2.24) is 10.6 Å². The standard InChI is InChI=1S/C19H25FN2O/c20-17-4-2-1-3-16(17)11-21-18(23)22-12-19-8-13-5-14(9-19)7-15(6-13)10-19/h1-4,13-15H,5-12H2,(H2,21,22,23). The zero-order valence-electron chi connectivity index (χ0n) is 13.5. The minimum atomic E-state index is -0.270. The summed E-state index contributed by atoms with van der Waals surface area (Å²) in [7, 11) is 0. The predicted molar refractivity (Wildman–Crippen MR) is 87.2 cm³/mol. The lowest BCUT2D eigenvalue weighted by Crippen LogP contribution is -2.52. The van der Waals surface area contributed by atoms with Gasteiger partial charge in [0.1, 0.15) is 5.82 Å². The molecule has 0 saturated heterocycles. The third kappa shape index (κ3) is 3.08. The van der Waals surface area contributed by atoms with E-state index in [1.807, 2.05) is 0 Å². The molecular weight excluding hydrogens is 291 g/mol. The van der Waals surface area contributed by atoms with E-state index in [9.17, 15) is 9.18 Å². The van der Waals surface area contributed by atoms with Gasteiger partial charge in [-0.2, -0.15) is 0 Å². The van der Waals surface area contributed by atoms with Crippen molar-refractivity contribution in [2.45, 2.75) is 45.1 Å². The fourth-order valence-corrected chi connectivity index (χ4v) is 5.65. The molecule has 1 aromatic carbocycles. The van der Waals surface area contributed by atoms with Crippen molar-refractivity contribution in [2.24, 2.45) is 23.2 Å². The molecule has 0 spiro atoms. The zero-order valence-corrected chi connectivity index (χ0v) is 13.5.